The molecule has 1 N–H and O–H groups in total. The molecule has 0 radical (unpaired) electrons. The molecule has 3 aromatic rings. The number of aliphatic hydroxyl groups is 1. The molecule has 2 heterocycles. The predicted octanol–water partition coefficient (Wildman–Crippen LogP) is 3.72. The molecule has 1 atom stereocenters. The number of ether oxygens (including phenoxy) is 2. The first kappa shape index (κ1) is 21.1. The quantitative estimate of drug-likeness (QED) is 0.364. The van der Waals surface area contributed by atoms with Crippen LogP contribution in [0.25, 0.3) is 5.76 Å². The van der Waals surface area contributed by atoms with Crippen LogP contribution in [0.2, 0.25) is 0 Å². The van der Waals surface area contributed by atoms with Gasteiger partial charge >= 0.3 is 0 Å². The third-order valence-corrected chi connectivity index (χ3v) is 5.41. The molecular formula is C25H22N2O5. The van der Waals surface area contributed by atoms with E-state index in [4.69, 9.17) is 9.47 Å². The molecule has 1 amide bonds. The van der Waals surface area contributed by atoms with Gasteiger partial charge in [0.15, 0.2) is 0 Å². The van der Waals surface area contributed by atoms with Crippen LogP contribution in [0.4, 0.5) is 0 Å². The fourth-order valence-electron chi connectivity index (χ4n) is 3.85. The largest absolute Gasteiger partial charge is 0.507 e. The minimum Gasteiger partial charge on any atom is -0.507 e. The van der Waals surface area contributed by atoms with Crippen molar-refractivity contribution in [2.24, 2.45) is 0 Å². The van der Waals surface area contributed by atoms with Crippen molar-refractivity contribution in [1.82, 2.24) is 9.88 Å². The Morgan fingerprint density at radius 1 is 1.00 bits per heavy atom. The van der Waals surface area contributed by atoms with Crippen LogP contribution in [0.3, 0.4) is 0 Å². The highest BCUT2D eigenvalue weighted by atomic mass is 16.5. The van der Waals surface area contributed by atoms with E-state index < -0.39 is 17.7 Å². The number of carbonyl (C=O) groups is 2. The summed E-state index contributed by atoms with van der Waals surface area (Å²) in [6, 6.07) is 16.7. The molecule has 7 nitrogen and oxygen atoms in total. The summed E-state index contributed by atoms with van der Waals surface area (Å²) in [7, 11) is 3.04. The zero-order valence-electron chi connectivity index (χ0n) is 17.7. The van der Waals surface area contributed by atoms with E-state index in [9.17, 15) is 14.7 Å². The number of Topliss-reactive ketones (excluding diaryl/α,β-unsaturated/α-hetero) is 1. The zero-order valence-corrected chi connectivity index (χ0v) is 17.7. The van der Waals surface area contributed by atoms with Crippen molar-refractivity contribution in [2.75, 3.05) is 14.2 Å². The number of ketones is 1. The Hall–Kier alpha value is -4.13. The van der Waals surface area contributed by atoms with Gasteiger partial charge in [0.1, 0.15) is 17.3 Å². The number of rotatable bonds is 6. The van der Waals surface area contributed by atoms with Crippen molar-refractivity contribution in [3.8, 4) is 11.5 Å². The number of methoxy groups -OCH3 is 2. The van der Waals surface area contributed by atoms with Gasteiger partial charge in [0.2, 0.25) is 0 Å². The monoisotopic (exact) mass is 430 g/mol. The molecule has 1 unspecified atom stereocenters. The molecule has 0 spiro atoms. The van der Waals surface area contributed by atoms with E-state index in [0.717, 1.165) is 5.56 Å². The summed E-state index contributed by atoms with van der Waals surface area (Å²) in [5.74, 6) is -0.681. The summed E-state index contributed by atoms with van der Waals surface area (Å²) >= 11 is 0. The Morgan fingerprint density at radius 3 is 2.41 bits per heavy atom. The zero-order chi connectivity index (χ0) is 22.7. The fraction of sp³-hybridized carbons (Fsp3) is 0.160. The highest BCUT2D eigenvalue weighted by molar-refractivity contribution is 6.46. The number of nitrogens with zero attached hydrogens (tertiary/aromatic N) is 2. The molecule has 1 aromatic heterocycles. The maximum Gasteiger partial charge on any atom is 0.295 e. The summed E-state index contributed by atoms with van der Waals surface area (Å²) in [6.45, 7) is 0.164. The molecule has 32 heavy (non-hydrogen) atoms. The molecule has 1 aliphatic heterocycles. The van der Waals surface area contributed by atoms with Crippen molar-refractivity contribution in [2.45, 2.75) is 12.6 Å². The highest BCUT2D eigenvalue weighted by Crippen LogP contribution is 2.41. The minimum absolute atomic E-state index is 0.00792. The molecule has 2 aromatic carbocycles. The van der Waals surface area contributed by atoms with E-state index in [-0.39, 0.29) is 17.9 Å². The second-order valence-corrected chi connectivity index (χ2v) is 7.26. The molecule has 0 saturated carbocycles. The number of hydrogen-bond donors (Lipinski definition) is 1. The van der Waals surface area contributed by atoms with Gasteiger partial charge in [0.25, 0.3) is 11.7 Å². The van der Waals surface area contributed by atoms with Gasteiger partial charge in [0.05, 0.1) is 31.4 Å². The number of amides is 1. The Bertz CT molecular complexity index is 1170. The number of likely N-dealkylation sites (tertiary alicyclic amines) is 1. The van der Waals surface area contributed by atoms with Gasteiger partial charge in [0, 0.05) is 18.9 Å². The smallest absolute Gasteiger partial charge is 0.295 e. The van der Waals surface area contributed by atoms with Gasteiger partial charge in [-0.15, -0.1) is 0 Å². The van der Waals surface area contributed by atoms with Crippen LogP contribution in [0.5, 0.6) is 11.5 Å². The van der Waals surface area contributed by atoms with E-state index in [1.807, 2.05) is 6.07 Å². The number of para-hydroxylation sites is 1. The maximum atomic E-state index is 13.1. The van der Waals surface area contributed by atoms with Gasteiger partial charge in [-0.1, -0.05) is 30.3 Å². The average Bonchev–Trinajstić information content (AvgIpc) is 3.09. The molecule has 0 bridgehead atoms. The van der Waals surface area contributed by atoms with Crippen LogP contribution in [-0.2, 0) is 16.1 Å². The van der Waals surface area contributed by atoms with Crippen molar-refractivity contribution in [1.29, 1.82) is 0 Å². The number of pyridine rings is 1. The summed E-state index contributed by atoms with van der Waals surface area (Å²) in [5.41, 5.74) is 1.79. The number of hydrogen-bond acceptors (Lipinski definition) is 6. The van der Waals surface area contributed by atoms with Gasteiger partial charge in [-0.25, -0.2) is 0 Å². The van der Waals surface area contributed by atoms with Crippen LogP contribution in [0.15, 0.2) is 78.6 Å². The van der Waals surface area contributed by atoms with Crippen molar-refractivity contribution < 1.29 is 24.2 Å². The molecule has 162 valence electrons. The Morgan fingerprint density at radius 2 is 1.75 bits per heavy atom. The highest BCUT2D eigenvalue weighted by Gasteiger charge is 2.46. The number of aliphatic hydroxyl groups excluding tert-OH is 1. The first-order chi connectivity index (χ1) is 15.5. The topological polar surface area (TPSA) is 89.0 Å². The molecule has 7 heteroatoms. The number of aromatic nitrogens is 1. The number of carbonyl (C=O) groups excluding carboxylic acids is 2. The Labute approximate surface area is 185 Å². The SMILES string of the molecule is COc1ccc(C2/C(=C(\O)c3ccccc3OC)C(=O)C(=O)N2Cc2cccnc2)cc1. The third kappa shape index (κ3) is 3.80. The normalized spacial score (nSPS) is 17.4. The maximum absolute atomic E-state index is 13.1. The summed E-state index contributed by atoms with van der Waals surface area (Å²) < 4.78 is 10.6. The summed E-state index contributed by atoms with van der Waals surface area (Å²) in [6.07, 6.45) is 3.28. The minimum atomic E-state index is -0.786. The summed E-state index contributed by atoms with van der Waals surface area (Å²) in [5, 5.41) is 11.2. The average molecular weight is 430 g/mol. The molecule has 4 rings (SSSR count). The van der Waals surface area contributed by atoms with Gasteiger partial charge in [-0.3, -0.25) is 14.6 Å². The lowest BCUT2D eigenvalue weighted by molar-refractivity contribution is -0.140. The van der Waals surface area contributed by atoms with Crippen molar-refractivity contribution in [3.63, 3.8) is 0 Å². The fourth-order valence-corrected chi connectivity index (χ4v) is 3.85. The molecule has 1 saturated heterocycles. The predicted molar refractivity (Wildman–Crippen MR) is 118 cm³/mol. The first-order valence-electron chi connectivity index (χ1n) is 9.99. The molecule has 1 aliphatic rings. The van der Waals surface area contributed by atoms with Crippen LogP contribution < -0.4 is 9.47 Å². The van der Waals surface area contributed by atoms with Gasteiger partial charge < -0.3 is 19.5 Å². The van der Waals surface area contributed by atoms with E-state index in [0.29, 0.717) is 22.6 Å². The lowest BCUT2D eigenvalue weighted by Crippen LogP contribution is -2.29. The standard InChI is InChI=1S/C25H22N2O5/c1-31-18-11-9-17(10-12-18)22-21(23(28)19-7-3-4-8-20(19)32-2)24(29)25(30)27(22)15-16-6-5-13-26-14-16/h3-14,22,28H,15H2,1-2H3/b23-21+. The Balaban J connectivity index is 1.88. The first-order valence-corrected chi connectivity index (χ1v) is 9.99. The second-order valence-electron chi connectivity index (χ2n) is 7.26. The van der Waals surface area contributed by atoms with Crippen LogP contribution in [0.1, 0.15) is 22.7 Å². The van der Waals surface area contributed by atoms with Crippen LogP contribution in [-0.4, -0.2) is 40.9 Å². The molecular weight excluding hydrogens is 408 g/mol. The van der Waals surface area contributed by atoms with Crippen molar-refractivity contribution >= 4 is 17.4 Å². The summed E-state index contributed by atoms with van der Waals surface area (Å²) in [4.78, 5) is 31.8. The van der Waals surface area contributed by atoms with Crippen LogP contribution in [0, 0.1) is 0 Å². The van der Waals surface area contributed by atoms with E-state index in [1.54, 1.807) is 74.1 Å². The lowest BCUT2D eigenvalue weighted by atomic mass is 9.95. The second kappa shape index (κ2) is 8.93. The Kier molecular flexibility index (Phi) is 5.89. The van der Waals surface area contributed by atoms with E-state index in [2.05, 4.69) is 4.98 Å². The lowest BCUT2D eigenvalue weighted by Gasteiger charge is -2.25. The molecule has 1 fully saturated rings. The van der Waals surface area contributed by atoms with Gasteiger partial charge in [-0.2, -0.15) is 0 Å². The van der Waals surface area contributed by atoms with E-state index >= 15 is 0 Å². The number of benzene rings is 2. The third-order valence-electron chi connectivity index (χ3n) is 5.41. The van der Waals surface area contributed by atoms with E-state index in [1.165, 1.54) is 12.0 Å². The van der Waals surface area contributed by atoms with Crippen molar-refractivity contribution in [3.05, 3.63) is 95.3 Å². The van der Waals surface area contributed by atoms with Gasteiger partial charge in [-0.05, 0) is 41.5 Å². The van der Waals surface area contributed by atoms with Crippen LogP contribution >= 0.6 is 0 Å². The molecule has 0 aliphatic carbocycles.